The average molecular weight is 422 g/mol. The Hall–Kier alpha value is -3.99. The second kappa shape index (κ2) is 8.63. The lowest BCUT2D eigenvalue weighted by Gasteiger charge is -2.18. The Balaban J connectivity index is 1.31. The summed E-state index contributed by atoms with van der Waals surface area (Å²) in [6.07, 6.45) is 0.583. The molecule has 158 valence electrons. The van der Waals surface area contributed by atoms with E-state index in [1.54, 1.807) is 41.3 Å². The normalized spacial score (nSPS) is 15.6. The molecule has 1 aliphatic heterocycles. The van der Waals surface area contributed by atoms with Crippen LogP contribution >= 0.6 is 0 Å². The SMILES string of the molecule is O=C(c1ccccc1)c1ccccc1C(=O)N1CC[C@H](Oc2ccc3ccccc3n2)C1. The molecular weight excluding hydrogens is 400 g/mol. The van der Waals surface area contributed by atoms with Crippen LogP contribution in [0.3, 0.4) is 0 Å². The molecule has 0 N–H and O–H groups in total. The van der Waals surface area contributed by atoms with Crippen LogP contribution in [0.1, 0.15) is 32.7 Å². The second-order valence-electron chi connectivity index (χ2n) is 7.86. The van der Waals surface area contributed by atoms with Crippen LogP contribution in [0.2, 0.25) is 0 Å². The van der Waals surface area contributed by atoms with E-state index in [1.165, 1.54) is 0 Å². The number of likely N-dealkylation sites (tertiary alicyclic amines) is 1. The molecule has 5 rings (SSSR count). The minimum absolute atomic E-state index is 0.135. The molecule has 32 heavy (non-hydrogen) atoms. The molecule has 0 spiro atoms. The van der Waals surface area contributed by atoms with Crippen molar-refractivity contribution in [3.8, 4) is 5.88 Å². The number of ketones is 1. The first-order valence-electron chi connectivity index (χ1n) is 10.7. The molecule has 5 nitrogen and oxygen atoms in total. The largest absolute Gasteiger partial charge is 0.472 e. The maximum Gasteiger partial charge on any atom is 0.254 e. The Morgan fingerprint density at radius 3 is 2.38 bits per heavy atom. The van der Waals surface area contributed by atoms with Crippen LogP contribution in [0.25, 0.3) is 10.9 Å². The first kappa shape index (κ1) is 19.9. The van der Waals surface area contributed by atoms with Gasteiger partial charge in [-0.2, -0.15) is 0 Å². The van der Waals surface area contributed by atoms with E-state index in [2.05, 4.69) is 4.98 Å². The molecule has 4 aromatic rings. The molecule has 5 heteroatoms. The van der Waals surface area contributed by atoms with Gasteiger partial charge in [-0.25, -0.2) is 4.98 Å². The van der Waals surface area contributed by atoms with Crippen LogP contribution in [0.15, 0.2) is 91.0 Å². The molecule has 1 amide bonds. The fourth-order valence-corrected chi connectivity index (χ4v) is 4.08. The van der Waals surface area contributed by atoms with Gasteiger partial charge in [0.05, 0.1) is 17.6 Å². The predicted molar refractivity (Wildman–Crippen MR) is 123 cm³/mol. The van der Waals surface area contributed by atoms with E-state index in [0.717, 1.165) is 17.3 Å². The Bertz CT molecular complexity index is 1290. The molecule has 1 aromatic heterocycles. The number of nitrogens with zero attached hydrogens (tertiary/aromatic N) is 2. The highest BCUT2D eigenvalue weighted by molar-refractivity contribution is 6.15. The number of amides is 1. The van der Waals surface area contributed by atoms with Crippen molar-refractivity contribution in [2.45, 2.75) is 12.5 Å². The van der Waals surface area contributed by atoms with Gasteiger partial charge < -0.3 is 9.64 Å². The minimum Gasteiger partial charge on any atom is -0.472 e. The highest BCUT2D eigenvalue weighted by atomic mass is 16.5. The lowest BCUT2D eigenvalue weighted by molar-refractivity contribution is 0.0767. The van der Waals surface area contributed by atoms with Gasteiger partial charge in [0.15, 0.2) is 5.78 Å². The van der Waals surface area contributed by atoms with E-state index in [4.69, 9.17) is 4.74 Å². The molecule has 0 bridgehead atoms. The zero-order valence-electron chi connectivity index (χ0n) is 17.5. The average Bonchev–Trinajstić information content (AvgIpc) is 3.32. The zero-order chi connectivity index (χ0) is 21.9. The molecular formula is C27H22N2O3. The maximum atomic E-state index is 13.3. The predicted octanol–water partition coefficient (Wildman–Crippen LogP) is 4.76. The molecule has 1 atom stereocenters. The fraction of sp³-hybridized carbons (Fsp3) is 0.148. The number of hydrogen-bond acceptors (Lipinski definition) is 4. The summed E-state index contributed by atoms with van der Waals surface area (Å²) in [5.74, 6) is 0.256. The number of carbonyl (C=O) groups excluding carboxylic acids is 2. The van der Waals surface area contributed by atoms with Crippen molar-refractivity contribution >= 4 is 22.6 Å². The van der Waals surface area contributed by atoms with Crippen molar-refractivity contribution in [1.82, 2.24) is 9.88 Å². The number of pyridine rings is 1. The quantitative estimate of drug-likeness (QED) is 0.435. The minimum atomic E-state index is -0.151. The summed E-state index contributed by atoms with van der Waals surface area (Å²) in [6.45, 7) is 1.03. The van der Waals surface area contributed by atoms with E-state index in [1.807, 2.05) is 54.6 Å². The van der Waals surface area contributed by atoms with Crippen molar-refractivity contribution < 1.29 is 14.3 Å². The number of carbonyl (C=O) groups is 2. The van der Waals surface area contributed by atoms with Gasteiger partial charge in [0.2, 0.25) is 5.88 Å². The summed E-state index contributed by atoms with van der Waals surface area (Å²) in [5, 5.41) is 1.06. The van der Waals surface area contributed by atoms with Gasteiger partial charge in [0.25, 0.3) is 5.91 Å². The van der Waals surface area contributed by atoms with Crippen LogP contribution in [-0.4, -0.2) is 40.8 Å². The summed E-state index contributed by atoms with van der Waals surface area (Å²) in [7, 11) is 0. The molecule has 2 heterocycles. The number of para-hydroxylation sites is 1. The van der Waals surface area contributed by atoms with Crippen LogP contribution in [-0.2, 0) is 0 Å². The standard InChI is InChI=1S/C27H22N2O3/c30-26(20-9-2-1-3-10-20)22-11-5-6-12-23(22)27(31)29-17-16-21(18-29)32-25-15-14-19-8-4-7-13-24(19)28-25/h1-15,21H,16-18H2/t21-/m0/s1. The van der Waals surface area contributed by atoms with Gasteiger partial charge in [-0.15, -0.1) is 0 Å². The van der Waals surface area contributed by atoms with Crippen LogP contribution in [0.5, 0.6) is 5.88 Å². The van der Waals surface area contributed by atoms with E-state index < -0.39 is 0 Å². The van der Waals surface area contributed by atoms with E-state index >= 15 is 0 Å². The summed E-state index contributed by atoms with van der Waals surface area (Å²) in [5.41, 5.74) is 2.29. The van der Waals surface area contributed by atoms with Crippen molar-refractivity contribution in [1.29, 1.82) is 0 Å². The second-order valence-corrected chi connectivity index (χ2v) is 7.86. The first-order valence-corrected chi connectivity index (χ1v) is 10.7. The van der Waals surface area contributed by atoms with Gasteiger partial charge in [-0.05, 0) is 18.2 Å². The topological polar surface area (TPSA) is 59.5 Å². The van der Waals surface area contributed by atoms with Crippen LogP contribution in [0.4, 0.5) is 0 Å². The lowest BCUT2D eigenvalue weighted by atomic mass is 9.97. The molecule has 0 unspecified atom stereocenters. The van der Waals surface area contributed by atoms with Crippen molar-refractivity contribution in [3.63, 3.8) is 0 Å². The molecule has 0 aliphatic carbocycles. The van der Waals surface area contributed by atoms with E-state index in [0.29, 0.717) is 35.7 Å². The molecule has 3 aromatic carbocycles. The Morgan fingerprint density at radius 1 is 0.812 bits per heavy atom. The molecule has 1 saturated heterocycles. The van der Waals surface area contributed by atoms with Crippen molar-refractivity contribution in [2.24, 2.45) is 0 Å². The number of ether oxygens (including phenoxy) is 1. The Morgan fingerprint density at radius 2 is 1.53 bits per heavy atom. The maximum absolute atomic E-state index is 13.3. The third kappa shape index (κ3) is 3.97. The van der Waals surface area contributed by atoms with Crippen molar-refractivity contribution in [2.75, 3.05) is 13.1 Å². The summed E-state index contributed by atoms with van der Waals surface area (Å²) in [6, 6.07) is 27.8. The third-order valence-electron chi connectivity index (χ3n) is 5.73. The number of benzene rings is 3. The van der Waals surface area contributed by atoms with E-state index in [9.17, 15) is 9.59 Å². The molecule has 0 radical (unpaired) electrons. The van der Waals surface area contributed by atoms with Gasteiger partial charge in [-0.3, -0.25) is 9.59 Å². The van der Waals surface area contributed by atoms with Gasteiger partial charge >= 0.3 is 0 Å². The smallest absolute Gasteiger partial charge is 0.254 e. The number of fused-ring (bicyclic) bond motifs is 1. The molecule has 1 aliphatic rings. The third-order valence-corrected chi connectivity index (χ3v) is 5.73. The lowest BCUT2D eigenvalue weighted by Crippen LogP contribution is -2.32. The Labute approximate surface area is 186 Å². The van der Waals surface area contributed by atoms with Gasteiger partial charge in [-0.1, -0.05) is 66.7 Å². The summed E-state index contributed by atoms with van der Waals surface area (Å²) >= 11 is 0. The highest BCUT2D eigenvalue weighted by Gasteiger charge is 2.30. The molecule has 0 saturated carbocycles. The van der Waals surface area contributed by atoms with Crippen LogP contribution < -0.4 is 4.74 Å². The first-order chi connectivity index (χ1) is 15.7. The number of rotatable bonds is 5. The van der Waals surface area contributed by atoms with Crippen LogP contribution in [0, 0.1) is 0 Å². The van der Waals surface area contributed by atoms with E-state index in [-0.39, 0.29) is 17.8 Å². The van der Waals surface area contributed by atoms with Gasteiger partial charge in [0, 0.05) is 35.5 Å². The fourth-order valence-electron chi connectivity index (χ4n) is 4.08. The number of aromatic nitrogens is 1. The zero-order valence-corrected chi connectivity index (χ0v) is 17.5. The summed E-state index contributed by atoms with van der Waals surface area (Å²) in [4.78, 5) is 32.6. The van der Waals surface area contributed by atoms with Gasteiger partial charge in [0.1, 0.15) is 6.10 Å². The van der Waals surface area contributed by atoms with Crippen molar-refractivity contribution in [3.05, 3.63) is 108 Å². The number of hydrogen-bond donors (Lipinski definition) is 0. The summed E-state index contributed by atoms with van der Waals surface area (Å²) < 4.78 is 6.07. The monoisotopic (exact) mass is 422 g/mol. The highest BCUT2D eigenvalue weighted by Crippen LogP contribution is 2.23. The Kier molecular flexibility index (Phi) is 5.38. The molecule has 1 fully saturated rings.